The molecule has 2 heterocycles. The van der Waals surface area contributed by atoms with Crippen LogP contribution in [0.2, 0.25) is 5.02 Å². The highest BCUT2D eigenvalue weighted by Gasteiger charge is 2.09. The molecule has 0 saturated carbocycles. The smallest absolute Gasteiger partial charge is 0.262 e. The number of ether oxygens (including phenoxy) is 1. The summed E-state index contributed by atoms with van der Waals surface area (Å²) in [5.41, 5.74) is 2.25. The second-order valence-electron chi connectivity index (χ2n) is 5.09. The third kappa shape index (κ3) is 3.43. The Labute approximate surface area is 138 Å². The lowest BCUT2D eigenvalue weighted by molar-refractivity contribution is -0.118. The van der Waals surface area contributed by atoms with Crippen LogP contribution in [0.25, 0.3) is 11.0 Å². The molecule has 6 nitrogen and oxygen atoms in total. The van der Waals surface area contributed by atoms with Crippen molar-refractivity contribution in [2.75, 3.05) is 11.9 Å². The van der Waals surface area contributed by atoms with Crippen LogP contribution in [-0.2, 0) is 11.8 Å². The lowest BCUT2D eigenvalue weighted by Gasteiger charge is -2.07. The molecule has 7 heteroatoms. The molecule has 0 atom stereocenters. The van der Waals surface area contributed by atoms with E-state index in [1.165, 1.54) is 0 Å². The summed E-state index contributed by atoms with van der Waals surface area (Å²) in [5, 5.41) is 8.59. The minimum absolute atomic E-state index is 0.0916. The number of fused-ring (bicyclic) bond motifs is 1. The number of hydrogen-bond donors (Lipinski definition) is 1. The number of hydrogen-bond acceptors (Lipinski definition) is 4. The summed E-state index contributed by atoms with van der Waals surface area (Å²) in [4.78, 5) is 16.3. The zero-order chi connectivity index (χ0) is 16.4. The SMILES string of the molecule is Cc1nn(C)c2ncc(NC(=O)COc3ccc(Cl)cc3)cc12. The van der Waals surface area contributed by atoms with Gasteiger partial charge in [-0.05, 0) is 37.3 Å². The van der Waals surface area contributed by atoms with Crippen LogP contribution in [0.4, 0.5) is 5.69 Å². The zero-order valence-corrected chi connectivity index (χ0v) is 13.5. The molecule has 23 heavy (non-hydrogen) atoms. The maximum atomic E-state index is 12.0. The van der Waals surface area contributed by atoms with Crippen molar-refractivity contribution in [2.24, 2.45) is 7.05 Å². The molecule has 3 rings (SSSR count). The molecule has 1 amide bonds. The Kier molecular flexibility index (Phi) is 4.16. The summed E-state index contributed by atoms with van der Waals surface area (Å²) < 4.78 is 7.11. The minimum atomic E-state index is -0.261. The van der Waals surface area contributed by atoms with E-state index in [0.29, 0.717) is 16.5 Å². The van der Waals surface area contributed by atoms with Crippen molar-refractivity contribution in [1.82, 2.24) is 14.8 Å². The number of carbonyl (C=O) groups excluding carboxylic acids is 1. The molecule has 1 aromatic carbocycles. The third-order valence-corrected chi connectivity index (χ3v) is 3.58. The molecule has 3 aromatic rings. The topological polar surface area (TPSA) is 69.0 Å². The molecule has 0 radical (unpaired) electrons. The average molecular weight is 331 g/mol. The highest BCUT2D eigenvalue weighted by molar-refractivity contribution is 6.30. The van der Waals surface area contributed by atoms with E-state index >= 15 is 0 Å². The van der Waals surface area contributed by atoms with Crippen molar-refractivity contribution in [2.45, 2.75) is 6.92 Å². The number of aromatic nitrogens is 3. The van der Waals surface area contributed by atoms with Crippen molar-refractivity contribution in [1.29, 1.82) is 0 Å². The highest BCUT2D eigenvalue weighted by atomic mass is 35.5. The predicted molar refractivity (Wildman–Crippen MR) is 88.8 cm³/mol. The molecule has 2 aromatic heterocycles. The lowest BCUT2D eigenvalue weighted by atomic mass is 10.2. The first-order chi connectivity index (χ1) is 11.0. The normalized spacial score (nSPS) is 10.7. The quantitative estimate of drug-likeness (QED) is 0.798. The maximum Gasteiger partial charge on any atom is 0.262 e. The van der Waals surface area contributed by atoms with Gasteiger partial charge in [-0.25, -0.2) is 4.98 Å². The van der Waals surface area contributed by atoms with Crippen molar-refractivity contribution < 1.29 is 9.53 Å². The largest absolute Gasteiger partial charge is 0.484 e. The maximum absolute atomic E-state index is 12.0. The van der Waals surface area contributed by atoms with E-state index in [2.05, 4.69) is 15.4 Å². The fourth-order valence-electron chi connectivity index (χ4n) is 2.25. The van der Waals surface area contributed by atoms with Crippen molar-refractivity contribution in [3.8, 4) is 5.75 Å². The van der Waals surface area contributed by atoms with Gasteiger partial charge < -0.3 is 10.1 Å². The lowest BCUT2D eigenvalue weighted by Crippen LogP contribution is -2.20. The summed E-state index contributed by atoms with van der Waals surface area (Å²) >= 11 is 5.80. The fraction of sp³-hybridized carbons (Fsp3) is 0.188. The van der Waals surface area contributed by atoms with Crippen LogP contribution in [0.3, 0.4) is 0 Å². The summed E-state index contributed by atoms with van der Waals surface area (Å²) in [6.45, 7) is 1.81. The number of nitrogens with one attached hydrogen (secondary N) is 1. The van der Waals surface area contributed by atoms with E-state index in [0.717, 1.165) is 16.7 Å². The van der Waals surface area contributed by atoms with Gasteiger partial charge in [0.15, 0.2) is 12.3 Å². The Morgan fingerprint density at radius 3 is 2.83 bits per heavy atom. The second-order valence-corrected chi connectivity index (χ2v) is 5.53. The van der Waals surface area contributed by atoms with Gasteiger partial charge in [-0.3, -0.25) is 9.48 Å². The highest BCUT2D eigenvalue weighted by Crippen LogP contribution is 2.19. The van der Waals surface area contributed by atoms with Crippen LogP contribution in [0.1, 0.15) is 5.69 Å². The van der Waals surface area contributed by atoms with Gasteiger partial charge in [0.1, 0.15) is 5.75 Å². The van der Waals surface area contributed by atoms with E-state index in [-0.39, 0.29) is 12.5 Å². The molecular weight excluding hydrogens is 316 g/mol. The number of rotatable bonds is 4. The van der Waals surface area contributed by atoms with Gasteiger partial charge >= 0.3 is 0 Å². The average Bonchev–Trinajstić information content (AvgIpc) is 2.81. The number of amides is 1. The molecule has 0 aliphatic rings. The number of aryl methyl sites for hydroxylation is 2. The van der Waals surface area contributed by atoms with Crippen LogP contribution in [0.15, 0.2) is 36.5 Å². The number of halogens is 1. The number of nitrogens with zero attached hydrogens (tertiary/aromatic N) is 3. The standard InChI is InChI=1S/C16H15ClN4O2/c1-10-14-7-12(8-18-16(14)21(2)20-10)19-15(22)9-23-13-5-3-11(17)4-6-13/h3-8H,9H2,1-2H3,(H,19,22). The Hall–Kier alpha value is -2.60. The molecule has 0 unspecified atom stereocenters. The Balaban J connectivity index is 1.65. The molecule has 0 aliphatic heterocycles. The number of pyridine rings is 1. The van der Waals surface area contributed by atoms with Gasteiger partial charge in [-0.2, -0.15) is 5.10 Å². The Morgan fingerprint density at radius 1 is 1.35 bits per heavy atom. The number of carbonyl (C=O) groups is 1. The van der Waals surface area contributed by atoms with Gasteiger partial charge in [0.25, 0.3) is 5.91 Å². The van der Waals surface area contributed by atoms with E-state index < -0.39 is 0 Å². The molecule has 0 spiro atoms. The number of benzene rings is 1. The molecular formula is C16H15ClN4O2. The van der Waals surface area contributed by atoms with E-state index in [4.69, 9.17) is 16.3 Å². The number of anilines is 1. The Bertz CT molecular complexity index is 858. The van der Waals surface area contributed by atoms with E-state index in [9.17, 15) is 4.79 Å². The Morgan fingerprint density at radius 2 is 2.09 bits per heavy atom. The first kappa shape index (κ1) is 15.3. The second kappa shape index (κ2) is 6.26. The molecule has 118 valence electrons. The monoisotopic (exact) mass is 330 g/mol. The van der Waals surface area contributed by atoms with Crippen molar-refractivity contribution in [3.05, 3.63) is 47.2 Å². The third-order valence-electron chi connectivity index (χ3n) is 3.33. The predicted octanol–water partition coefficient (Wildman–Crippen LogP) is 2.95. The molecule has 0 saturated heterocycles. The van der Waals surface area contributed by atoms with Crippen LogP contribution in [0, 0.1) is 6.92 Å². The van der Waals surface area contributed by atoms with Crippen molar-refractivity contribution >= 4 is 34.2 Å². The van der Waals surface area contributed by atoms with E-state index in [1.54, 1.807) is 35.1 Å². The molecule has 0 aliphatic carbocycles. The summed E-state index contributed by atoms with van der Waals surface area (Å²) in [5.74, 6) is 0.323. The van der Waals surface area contributed by atoms with Crippen LogP contribution < -0.4 is 10.1 Å². The van der Waals surface area contributed by atoms with Gasteiger partial charge in [0, 0.05) is 17.5 Å². The van der Waals surface area contributed by atoms with Gasteiger partial charge in [0.05, 0.1) is 17.6 Å². The van der Waals surface area contributed by atoms with Gasteiger partial charge in [-0.1, -0.05) is 11.6 Å². The minimum Gasteiger partial charge on any atom is -0.484 e. The summed E-state index contributed by atoms with van der Waals surface area (Å²) in [6, 6.07) is 8.69. The van der Waals surface area contributed by atoms with Crippen molar-refractivity contribution in [3.63, 3.8) is 0 Å². The van der Waals surface area contributed by atoms with Crippen LogP contribution in [-0.4, -0.2) is 27.3 Å². The van der Waals surface area contributed by atoms with Gasteiger partial charge in [-0.15, -0.1) is 0 Å². The van der Waals surface area contributed by atoms with Crippen LogP contribution in [0.5, 0.6) is 5.75 Å². The molecule has 1 N–H and O–H groups in total. The first-order valence-electron chi connectivity index (χ1n) is 7.00. The van der Waals surface area contributed by atoms with E-state index in [1.807, 2.05) is 20.0 Å². The summed E-state index contributed by atoms with van der Waals surface area (Å²) in [6.07, 6.45) is 1.60. The fourth-order valence-corrected chi connectivity index (χ4v) is 2.38. The summed E-state index contributed by atoms with van der Waals surface area (Å²) in [7, 11) is 1.83. The molecule has 0 bridgehead atoms. The molecule has 0 fully saturated rings. The first-order valence-corrected chi connectivity index (χ1v) is 7.38. The van der Waals surface area contributed by atoms with Gasteiger partial charge in [0.2, 0.25) is 0 Å². The van der Waals surface area contributed by atoms with Crippen LogP contribution >= 0.6 is 11.6 Å². The zero-order valence-electron chi connectivity index (χ0n) is 12.7.